The first kappa shape index (κ1) is 26.5. The Hall–Kier alpha value is -4.41. The van der Waals surface area contributed by atoms with Crippen LogP contribution in [0.5, 0.6) is 5.75 Å². The molecule has 11 heteroatoms. The number of carbonyl (C=O) groups excluding carboxylic acids is 2. The Morgan fingerprint density at radius 1 is 1.12 bits per heavy atom. The summed E-state index contributed by atoms with van der Waals surface area (Å²) in [5, 5.41) is 28.1. The number of rotatable bonds is 5. The molecule has 1 saturated heterocycles. The molecule has 0 bridgehead atoms. The maximum Gasteiger partial charge on any atom is 0.254 e. The molecule has 3 aromatic heterocycles. The predicted molar refractivity (Wildman–Crippen MR) is 157 cm³/mol. The first-order valence-electron chi connectivity index (χ1n) is 14.0. The summed E-state index contributed by atoms with van der Waals surface area (Å²) >= 11 is 6.61. The van der Waals surface area contributed by atoms with Crippen LogP contribution in [0.25, 0.3) is 22.2 Å². The van der Waals surface area contributed by atoms with Gasteiger partial charge in [0, 0.05) is 42.1 Å². The van der Waals surface area contributed by atoms with Gasteiger partial charge in [-0.15, -0.1) is 0 Å². The number of benzene rings is 2. The van der Waals surface area contributed by atoms with Gasteiger partial charge in [-0.05, 0) is 80.6 Å². The molecule has 0 unspecified atom stereocenters. The van der Waals surface area contributed by atoms with E-state index in [1.165, 1.54) is 0 Å². The highest BCUT2D eigenvalue weighted by Crippen LogP contribution is 2.33. The van der Waals surface area contributed by atoms with Crippen molar-refractivity contribution < 1.29 is 19.8 Å². The Balaban J connectivity index is 1.06. The van der Waals surface area contributed by atoms with E-state index in [0.717, 1.165) is 52.8 Å². The van der Waals surface area contributed by atoms with Gasteiger partial charge in [0.2, 0.25) is 0 Å². The van der Waals surface area contributed by atoms with Gasteiger partial charge >= 0.3 is 0 Å². The predicted octanol–water partition coefficient (Wildman–Crippen LogP) is 3.69. The molecule has 214 valence electrons. The van der Waals surface area contributed by atoms with Crippen molar-refractivity contribution >= 4 is 40.0 Å². The zero-order chi connectivity index (χ0) is 29.1. The number of aromatic nitrogens is 4. The van der Waals surface area contributed by atoms with Gasteiger partial charge in [-0.2, -0.15) is 5.10 Å². The zero-order valence-electron chi connectivity index (χ0n) is 22.9. The number of aryl methyl sites for hydroxylation is 2. The number of amides is 2. The second kappa shape index (κ2) is 10.1. The van der Waals surface area contributed by atoms with Gasteiger partial charge in [-0.3, -0.25) is 14.2 Å². The van der Waals surface area contributed by atoms with Crippen LogP contribution in [0.1, 0.15) is 44.1 Å². The van der Waals surface area contributed by atoms with E-state index in [-0.39, 0.29) is 23.5 Å². The lowest BCUT2D eigenvalue weighted by Crippen LogP contribution is -2.53. The van der Waals surface area contributed by atoms with E-state index < -0.39 is 6.10 Å². The Kier molecular flexibility index (Phi) is 6.40. The quantitative estimate of drug-likeness (QED) is 0.289. The fourth-order valence-electron chi connectivity index (χ4n) is 6.00. The lowest BCUT2D eigenvalue weighted by atomic mass is 9.86. The maximum absolute atomic E-state index is 13.1. The highest BCUT2D eigenvalue weighted by Gasteiger charge is 2.30. The van der Waals surface area contributed by atoms with E-state index in [1.54, 1.807) is 53.7 Å². The molecule has 1 aliphatic carbocycles. The topological polar surface area (TPSA) is 125 Å². The summed E-state index contributed by atoms with van der Waals surface area (Å²) in [7, 11) is 0. The van der Waals surface area contributed by atoms with Crippen LogP contribution in [0.3, 0.4) is 0 Å². The number of hydrogen-bond donors (Lipinski definition) is 3. The number of β-amino-alcohol motifs (C(OH)–C–C–N with tert-alkyl or cyclic N) is 1. The van der Waals surface area contributed by atoms with E-state index in [0.29, 0.717) is 41.5 Å². The van der Waals surface area contributed by atoms with Crippen LogP contribution in [-0.4, -0.2) is 71.8 Å². The maximum atomic E-state index is 13.1. The van der Waals surface area contributed by atoms with Crippen LogP contribution in [0, 0.1) is 12.8 Å². The van der Waals surface area contributed by atoms with Crippen LogP contribution in [-0.2, 0) is 12.8 Å². The van der Waals surface area contributed by atoms with Gasteiger partial charge in [0.25, 0.3) is 11.8 Å². The highest BCUT2D eigenvalue weighted by molar-refractivity contribution is 6.34. The number of aromatic hydroxyl groups is 1. The third kappa shape index (κ3) is 4.47. The molecule has 1 aliphatic heterocycles. The van der Waals surface area contributed by atoms with Crippen LogP contribution in [0.4, 0.5) is 0 Å². The smallest absolute Gasteiger partial charge is 0.254 e. The van der Waals surface area contributed by atoms with Crippen LogP contribution in [0.15, 0.2) is 54.9 Å². The summed E-state index contributed by atoms with van der Waals surface area (Å²) in [4.78, 5) is 32.0. The van der Waals surface area contributed by atoms with E-state index in [9.17, 15) is 19.8 Å². The van der Waals surface area contributed by atoms with Crippen LogP contribution < -0.4 is 5.32 Å². The van der Waals surface area contributed by atoms with Crippen molar-refractivity contribution in [1.29, 1.82) is 0 Å². The number of fused-ring (bicyclic) bond motifs is 4. The molecule has 4 heterocycles. The molecule has 2 aliphatic rings. The summed E-state index contributed by atoms with van der Waals surface area (Å²) in [6.45, 7) is 3.12. The van der Waals surface area contributed by atoms with Crippen molar-refractivity contribution in [1.82, 2.24) is 29.4 Å². The number of nitrogens with zero attached hydrogens (tertiary/aromatic N) is 5. The number of imidazole rings is 1. The minimum Gasteiger partial charge on any atom is -0.506 e. The van der Waals surface area contributed by atoms with Gasteiger partial charge in [0.1, 0.15) is 17.6 Å². The molecule has 7 rings (SSSR count). The average molecular weight is 585 g/mol. The standard InChI is InChI=1S/C31H29ClN6O4/c1-17-2-9-28(40)29-23-10-18(3-7-25(23)35-38(17)29)13-33-30(41)22-6-5-20(12-24(22)32)37-16-34-26-8-4-19(11-27(26)37)31(42)36-14-21(39)15-36/h2,4-6,8-9,11-12,16,18,21,39-40H,3,7,10,13-15H2,1H3,(H,33,41)/t18-/m0/s1. The van der Waals surface area contributed by atoms with Gasteiger partial charge in [0.05, 0.1) is 33.4 Å². The van der Waals surface area contributed by atoms with Gasteiger partial charge in [-0.25, -0.2) is 9.50 Å². The number of aliphatic hydroxyl groups excluding tert-OH is 1. The number of pyridine rings is 1. The van der Waals surface area contributed by atoms with E-state index in [1.807, 2.05) is 22.1 Å². The summed E-state index contributed by atoms with van der Waals surface area (Å²) in [6.07, 6.45) is 3.60. The number of likely N-dealkylation sites (tertiary alicyclic amines) is 1. The fraction of sp³-hybridized carbons (Fsp3) is 0.290. The second-order valence-electron chi connectivity index (χ2n) is 11.2. The molecule has 3 N–H and O–H groups in total. The lowest BCUT2D eigenvalue weighted by molar-refractivity contribution is 0.00590. The molecular formula is C31H29ClN6O4. The third-order valence-electron chi connectivity index (χ3n) is 8.38. The van der Waals surface area contributed by atoms with Crippen molar-refractivity contribution in [2.45, 2.75) is 32.3 Å². The number of hydrogen-bond acceptors (Lipinski definition) is 6. The van der Waals surface area contributed by atoms with E-state index in [4.69, 9.17) is 16.7 Å². The molecule has 0 spiro atoms. The lowest BCUT2D eigenvalue weighted by Gasteiger charge is -2.35. The number of aliphatic hydroxyl groups is 1. The van der Waals surface area contributed by atoms with Gasteiger partial charge < -0.3 is 20.4 Å². The summed E-state index contributed by atoms with van der Waals surface area (Å²) in [5.74, 6) is 0.0373. The minimum atomic E-state index is -0.465. The summed E-state index contributed by atoms with van der Waals surface area (Å²) in [5.41, 5.74) is 6.82. The van der Waals surface area contributed by atoms with Crippen molar-refractivity contribution in [3.8, 4) is 11.4 Å². The Morgan fingerprint density at radius 3 is 2.74 bits per heavy atom. The molecule has 5 aromatic rings. The van der Waals surface area contributed by atoms with Crippen LogP contribution >= 0.6 is 11.6 Å². The molecule has 2 amide bonds. The van der Waals surface area contributed by atoms with Crippen LogP contribution in [0.2, 0.25) is 5.02 Å². The number of carbonyl (C=O) groups is 2. The normalized spacial score (nSPS) is 16.9. The van der Waals surface area contributed by atoms with Gasteiger partial charge in [0.15, 0.2) is 0 Å². The van der Waals surface area contributed by atoms with E-state index >= 15 is 0 Å². The average Bonchev–Trinajstić information content (AvgIpc) is 3.57. The molecule has 0 radical (unpaired) electrons. The molecule has 1 fully saturated rings. The van der Waals surface area contributed by atoms with Gasteiger partial charge in [-0.1, -0.05) is 11.6 Å². The van der Waals surface area contributed by atoms with Crippen molar-refractivity contribution in [3.63, 3.8) is 0 Å². The first-order valence-corrected chi connectivity index (χ1v) is 14.4. The zero-order valence-corrected chi connectivity index (χ0v) is 23.7. The summed E-state index contributed by atoms with van der Waals surface area (Å²) < 4.78 is 3.64. The Bertz CT molecular complexity index is 1890. The number of nitrogens with one attached hydrogen (secondary N) is 1. The van der Waals surface area contributed by atoms with Crippen molar-refractivity contribution in [2.24, 2.45) is 5.92 Å². The third-order valence-corrected chi connectivity index (χ3v) is 8.69. The molecule has 42 heavy (non-hydrogen) atoms. The highest BCUT2D eigenvalue weighted by atomic mass is 35.5. The summed E-state index contributed by atoms with van der Waals surface area (Å²) in [6, 6.07) is 14.1. The SMILES string of the molecule is Cc1ccc(O)c2c3c(nn12)CC[C@H](CNC(=O)c1ccc(-n2cnc4ccc(C(=O)N5CC(O)C5)cc42)cc1Cl)C3. The first-order chi connectivity index (χ1) is 20.3. The molecule has 2 aromatic carbocycles. The molecular weight excluding hydrogens is 556 g/mol. The second-order valence-corrected chi connectivity index (χ2v) is 11.6. The van der Waals surface area contributed by atoms with E-state index in [2.05, 4.69) is 10.3 Å². The molecule has 10 nitrogen and oxygen atoms in total. The molecule has 1 atom stereocenters. The number of halogens is 1. The van der Waals surface area contributed by atoms with Crippen molar-refractivity contribution in [3.05, 3.63) is 88.0 Å². The Labute approximate surface area is 246 Å². The molecule has 0 saturated carbocycles. The monoisotopic (exact) mass is 584 g/mol. The fourth-order valence-corrected chi connectivity index (χ4v) is 6.27. The Morgan fingerprint density at radius 2 is 1.95 bits per heavy atom. The largest absolute Gasteiger partial charge is 0.506 e. The minimum absolute atomic E-state index is 0.136. The van der Waals surface area contributed by atoms with Crippen molar-refractivity contribution in [2.75, 3.05) is 19.6 Å².